The van der Waals surface area contributed by atoms with Gasteiger partial charge in [-0.2, -0.15) is 0 Å². The lowest BCUT2D eigenvalue weighted by Gasteiger charge is -2.10. The molecule has 19 heavy (non-hydrogen) atoms. The number of imidazole rings is 1. The highest BCUT2D eigenvalue weighted by atomic mass is 35.5. The summed E-state index contributed by atoms with van der Waals surface area (Å²) in [6.45, 7) is 0. The van der Waals surface area contributed by atoms with Gasteiger partial charge in [-0.25, -0.2) is 0 Å². The van der Waals surface area contributed by atoms with Crippen LogP contribution in [0.2, 0.25) is 5.02 Å². The van der Waals surface area contributed by atoms with E-state index in [1.165, 1.54) is 0 Å². The van der Waals surface area contributed by atoms with Crippen LogP contribution in [0.15, 0.2) is 36.7 Å². The van der Waals surface area contributed by atoms with Crippen LogP contribution in [0.3, 0.4) is 0 Å². The molecule has 3 rings (SSSR count). The fourth-order valence-electron chi connectivity index (χ4n) is 2.04. The predicted octanol–water partition coefficient (Wildman–Crippen LogP) is 3.75. The zero-order valence-corrected chi connectivity index (χ0v) is 11.6. The van der Waals surface area contributed by atoms with Gasteiger partial charge in [0.1, 0.15) is 5.75 Å². The van der Waals surface area contributed by atoms with Crippen LogP contribution >= 0.6 is 23.8 Å². The fraction of sp³-hybridized carbons (Fsp3) is 0.0769. The summed E-state index contributed by atoms with van der Waals surface area (Å²) in [6, 6.07) is 7.31. The maximum Gasteiger partial charge on any atom is 0.182 e. The standard InChI is InChI=1S/C13H10ClN3OS/c1-18-12-3-2-8(14)6-11(12)17-10-4-5-15-7-9(10)16-13(17)19/h2-7H,1H3,(H,16,19). The van der Waals surface area contributed by atoms with Crippen molar-refractivity contribution in [2.75, 3.05) is 7.11 Å². The number of methoxy groups -OCH3 is 1. The van der Waals surface area contributed by atoms with E-state index in [1.54, 1.807) is 25.6 Å². The number of hydrogen-bond donors (Lipinski definition) is 1. The number of rotatable bonds is 2. The lowest BCUT2D eigenvalue weighted by atomic mass is 10.2. The summed E-state index contributed by atoms with van der Waals surface area (Å²) in [5, 5.41) is 0.626. The van der Waals surface area contributed by atoms with Gasteiger partial charge in [0.2, 0.25) is 0 Å². The Kier molecular flexibility index (Phi) is 3.00. The molecule has 0 aliphatic rings. The van der Waals surface area contributed by atoms with Crippen LogP contribution in [0, 0.1) is 4.77 Å². The van der Waals surface area contributed by atoms with Gasteiger partial charge in [0.15, 0.2) is 4.77 Å². The van der Waals surface area contributed by atoms with E-state index in [9.17, 15) is 0 Å². The molecule has 0 saturated carbocycles. The van der Waals surface area contributed by atoms with Crippen LogP contribution in [0.4, 0.5) is 0 Å². The van der Waals surface area contributed by atoms with Crippen LogP contribution in [-0.2, 0) is 0 Å². The Morgan fingerprint density at radius 2 is 2.21 bits per heavy atom. The molecular formula is C13H10ClN3OS. The first-order chi connectivity index (χ1) is 9.20. The number of ether oxygens (including phenoxy) is 1. The number of halogens is 1. The molecule has 2 heterocycles. The molecular weight excluding hydrogens is 282 g/mol. The lowest BCUT2D eigenvalue weighted by Crippen LogP contribution is -1.98. The average Bonchev–Trinajstić information content (AvgIpc) is 2.74. The molecule has 0 amide bonds. The summed E-state index contributed by atoms with van der Waals surface area (Å²) >= 11 is 11.4. The smallest absolute Gasteiger partial charge is 0.182 e. The van der Waals surface area contributed by atoms with Crippen molar-refractivity contribution in [3.63, 3.8) is 0 Å². The Balaban J connectivity index is 2.39. The molecule has 0 radical (unpaired) electrons. The minimum absolute atomic E-state index is 0.573. The summed E-state index contributed by atoms with van der Waals surface area (Å²) < 4.78 is 7.83. The van der Waals surface area contributed by atoms with Crippen molar-refractivity contribution in [1.29, 1.82) is 0 Å². The first-order valence-corrected chi connectivity index (χ1v) is 6.38. The molecule has 0 spiro atoms. The number of benzene rings is 1. The molecule has 1 N–H and O–H groups in total. The van der Waals surface area contributed by atoms with Crippen molar-refractivity contribution >= 4 is 34.9 Å². The highest BCUT2D eigenvalue weighted by Gasteiger charge is 2.11. The van der Waals surface area contributed by atoms with Crippen LogP contribution in [-0.4, -0.2) is 21.6 Å². The second-order valence-electron chi connectivity index (χ2n) is 3.97. The summed E-state index contributed by atoms with van der Waals surface area (Å²) in [5.41, 5.74) is 2.60. The molecule has 0 aliphatic heterocycles. The van der Waals surface area contributed by atoms with Crippen LogP contribution in [0.25, 0.3) is 16.7 Å². The Morgan fingerprint density at radius 3 is 3.00 bits per heavy atom. The Bertz CT molecular complexity index is 809. The SMILES string of the molecule is COc1ccc(Cl)cc1-n1c(=S)[nH]c2cnccc21. The van der Waals surface area contributed by atoms with E-state index in [0.717, 1.165) is 16.7 Å². The van der Waals surface area contributed by atoms with Gasteiger partial charge >= 0.3 is 0 Å². The topological polar surface area (TPSA) is 42.8 Å². The third-order valence-electron chi connectivity index (χ3n) is 2.87. The summed E-state index contributed by atoms with van der Waals surface area (Å²) in [6.07, 6.45) is 3.46. The zero-order chi connectivity index (χ0) is 13.4. The molecule has 96 valence electrons. The van der Waals surface area contributed by atoms with E-state index >= 15 is 0 Å². The van der Waals surface area contributed by atoms with Crippen molar-refractivity contribution in [3.05, 3.63) is 46.5 Å². The summed E-state index contributed by atoms with van der Waals surface area (Å²) in [5.74, 6) is 0.707. The van der Waals surface area contributed by atoms with E-state index in [1.807, 2.05) is 22.8 Å². The van der Waals surface area contributed by atoms with Gasteiger partial charge in [-0.15, -0.1) is 0 Å². The molecule has 0 fully saturated rings. The van der Waals surface area contributed by atoms with E-state index in [0.29, 0.717) is 15.5 Å². The number of pyridine rings is 1. The predicted molar refractivity (Wildman–Crippen MR) is 77.8 cm³/mol. The van der Waals surface area contributed by atoms with Gasteiger partial charge in [0, 0.05) is 11.2 Å². The number of aromatic amines is 1. The Hall–Kier alpha value is -1.85. The monoisotopic (exact) mass is 291 g/mol. The number of H-pyrrole nitrogens is 1. The van der Waals surface area contributed by atoms with Gasteiger partial charge in [0.05, 0.1) is 30.0 Å². The van der Waals surface area contributed by atoms with E-state index in [-0.39, 0.29) is 0 Å². The van der Waals surface area contributed by atoms with Crippen LogP contribution in [0.1, 0.15) is 0 Å². The summed E-state index contributed by atoms with van der Waals surface area (Å²) in [4.78, 5) is 7.19. The molecule has 0 saturated heterocycles. The van der Waals surface area contributed by atoms with Gasteiger partial charge in [0.25, 0.3) is 0 Å². The van der Waals surface area contributed by atoms with Gasteiger partial charge in [-0.1, -0.05) is 11.6 Å². The average molecular weight is 292 g/mol. The highest BCUT2D eigenvalue weighted by molar-refractivity contribution is 7.71. The third kappa shape index (κ3) is 2.01. The quantitative estimate of drug-likeness (QED) is 0.731. The first kappa shape index (κ1) is 12.2. The first-order valence-electron chi connectivity index (χ1n) is 5.59. The molecule has 0 atom stereocenters. The Morgan fingerprint density at radius 1 is 1.37 bits per heavy atom. The van der Waals surface area contributed by atoms with E-state index < -0.39 is 0 Å². The fourth-order valence-corrected chi connectivity index (χ4v) is 2.51. The van der Waals surface area contributed by atoms with Crippen LogP contribution in [0.5, 0.6) is 5.75 Å². The van der Waals surface area contributed by atoms with Crippen molar-refractivity contribution in [1.82, 2.24) is 14.5 Å². The molecule has 1 aromatic carbocycles. The number of hydrogen-bond acceptors (Lipinski definition) is 3. The van der Waals surface area contributed by atoms with Gasteiger partial charge in [-0.3, -0.25) is 9.55 Å². The number of nitrogens with one attached hydrogen (secondary N) is 1. The largest absolute Gasteiger partial charge is 0.495 e. The van der Waals surface area contributed by atoms with E-state index in [2.05, 4.69) is 9.97 Å². The second-order valence-corrected chi connectivity index (χ2v) is 4.80. The van der Waals surface area contributed by atoms with Crippen molar-refractivity contribution < 1.29 is 4.74 Å². The molecule has 0 aliphatic carbocycles. The Labute approximate surface area is 119 Å². The third-order valence-corrected chi connectivity index (χ3v) is 3.39. The molecule has 0 unspecified atom stereocenters. The van der Waals surface area contributed by atoms with E-state index in [4.69, 9.17) is 28.6 Å². The maximum atomic E-state index is 6.07. The van der Waals surface area contributed by atoms with Crippen molar-refractivity contribution in [3.8, 4) is 11.4 Å². The molecule has 3 aromatic rings. The zero-order valence-electron chi connectivity index (χ0n) is 10.1. The van der Waals surface area contributed by atoms with Crippen molar-refractivity contribution in [2.24, 2.45) is 0 Å². The normalized spacial score (nSPS) is 10.8. The number of nitrogens with zero attached hydrogens (tertiary/aromatic N) is 2. The van der Waals surface area contributed by atoms with Gasteiger partial charge < -0.3 is 9.72 Å². The number of fused-ring (bicyclic) bond motifs is 1. The second kappa shape index (κ2) is 4.68. The van der Waals surface area contributed by atoms with Gasteiger partial charge in [-0.05, 0) is 36.5 Å². The highest BCUT2D eigenvalue weighted by Crippen LogP contribution is 2.29. The number of aromatic nitrogens is 3. The summed E-state index contributed by atoms with van der Waals surface area (Å²) in [7, 11) is 1.62. The molecule has 6 heteroatoms. The molecule has 2 aromatic heterocycles. The van der Waals surface area contributed by atoms with Crippen molar-refractivity contribution in [2.45, 2.75) is 0 Å². The minimum Gasteiger partial charge on any atom is -0.495 e. The maximum absolute atomic E-state index is 6.07. The minimum atomic E-state index is 0.573. The lowest BCUT2D eigenvalue weighted by molar-refractivity contribution is 0.413. The molecule has 0 bridgehead atoms. The molecule has 4 nitrogen and oxygen atoms in total. The van der Waals surface area contributed by atoms with Crippen LogP contribution < -0.4 is 4.74 Å².